The molecular weight excluding hydrogens is 376 g/mol. The average molecular weight is 385 g/mol. The molecule has 0 radical (unpaired) electrons. The van der Waals surface area contributed by atoms with Crippen molar-refractivity contribution in [2.24, 2.45) is 4.52 Å². The lowest BCUT2D eigenvalue weighted by Gasteiger charge is -2.08. The Morgan fingerprint density at radius 3 is 2.64 bits per heavy atom. The molecule has 0 saturated carbocycles. The number of hydrogen-bond acceptors (Lipinski definition) is 4. The first-order valence-corrected chi connectivity index (χ1v) is 8.04. The minimum Gasteiger partial charge on any atom is -0.456 e. The van der Waals surface area contributed by atoms with E-state index in [-0.39, 0.29) is 16.8 Å². The molecule has 0 unspecified atom stereocenters. The highest BCUT2D eigenvalue weighted by molar-refractivity contribution is 9.10. The number of esters is 1. The molecule has 0 aliphatic rings. The highest BCUT2D eigenvalue weighted by atomic mass is 79.9. The van der Waals surface area contributed by atoms with Gasteiger partial charge in [-0.1, -0.05) is 30.3 Å². The summed E-state index contributed by atoms with van der Waals surface area (Å²) in [4.78, 5) is 14.3. The van der Waals surface area contributed by atoms with Crippen LogP contribution < -0.4 is 0 Å². The zero-order chi connectivity index (χ0) is 16.2. The first-order chi connectivity index (χ1) is 10.5. The summed E-state index contributed by atoms with van der Waals surface area (Å²) in [7, 11) is -4.35. The molecular formula is C12H9BrN4O4S. The Morgan fingerprint density at radius 1 is 1.32 bits per heavy atom. The van der Waals surface area contributed by atoms with Crippen molar-refractivity contribution in [3.05, 3.63) is 68.8 Å². The highest BCUT2D eigenvalue weighted by Crippen LogP contribution is 2.22. The SMILES string of the molecule is [N-]=[N+]=NS(=O)(=O)n1ccc(Br)c1C(=O)OCc1ccccc1. The van der Waals surface area contributed by atoms with Crippen LogP contribution in [0.25, 0.3) is 10.4 Å². The fourth-order valence-electron chi connectivity index (χ4n) is 1.65. The van der Waals surface area contributed by atoms with Crippen LogP contribution in [0.15, 0.2) is 51.6 Å². The fraction of sp³-hybridized carbons (Fsp3) is 0.0833. The Kier molecular flexibility index (Phi) is 4.86. The van der Waals surface area contributed by atoms with Gasteiger partial charge < -0.3 is 4.74 Å². The minimum absolute atomic E-state index is 0.0150. The van der Waals surface area contributed by atoms with Crippen LogP contribution in [-0.4, -0.2) is 18.4 Å². The summed E-state index contributed by atoms with van der Waals surface area (Å²) in [5.74, 6) is -0.863. The van der Waals surface area contributed by atoms with Crippen molar-refractivity contribution in [3.8, 4) is 0 Å². The van der Waals surface area contributed by atoms with E-state index >= 15 is 0 Å². The van der Waals surface area contributed by atoms with Crippen LogP contribution in [0.1, 0.15) is 16.1 Å². The van der Waals surface area contributed by atoms with E-state index in [0.29, 0.717) is 3.97 Å². The van der Waals surface area contributed by atoms with Gasteiger partial charge in [-0.25, -0.2) is 8.77 Å². The lowest BCUT2D eigenvalue weighted by molar-refractivity contribution is 0.0463. The van der Waals surface area contributed by atoms with Crippen LogP contribution in [0.4, 0.5) is 0 Å². The summed E-state index contributed by atoms with van der Waals surface area (Å²) in [6, 6.07) is 10.3. The van der Waals surface area contributed by atoms with E-state index in [1.165, 1.54) is 6.07 Å². The van der Waals surface area contributed by atoms with Crippen molar-refractivity contribution in [2.75, 3.05) is 0 Å². The van der Waals surface area contributed by atoms with E-state index in [0.717, 1.165) is 11.8 Å². The average Bonchev–Trinajstić information content (AvgIpc) is 2.88. The normalized spacial score (nSPS) is 10.8. The quantitative estimate of drug-likeness (QED) is 0.341. The largest absolute Gasteiger partial charge is 0.456 e. The van der Waals surface area contributed by atoms with Gasteiger partial charge in [-0.15, -0.1) is 0 Å². The number of aromatic nitrogens is 1. The van der Waals surface area contributed by atoms with Crippen molar-refractivity contribution in [3.63, 3.8) is 0 Å². The third kappa shape index (κ3) is 3.48. The van der Waals surface area contributed by atoms with Gasteiger partial charge in [0, 0.05) is 11.1 Å². The summed E-state index contributed by atoms with van der Waals surface area (Å²) in [6.45, 7) is -0.0150. The topological polar surface area (TPSA) is 114 Å². The molecule has 0 aliphatic carbocycles. The number of halogens is 1. The number of benzene rings is 1. The number of carbonyl (C=O) groups excluding carboxylic acids is 1. The van der Waals surface area contributed by atoms with E-state index < -0.39 is 16.2 Å². The van der Waals surface area contributed by atoms with Gasteiger partial charge >= 0.3 is 16.2 Å². The molecule has 0 amide bonds. The second-order valence-electron chi connectivity index (χ2n) is 4.02. The molecule has 2 aromatic rings. The first kappa shape index (κ1) is 16.1. The molecule has 0 atom stereocenters. The summed E-state index contributed by atoms with van der Waals surface area (Å²) in [5, 5.41) is 0. The third-order valence-corrected chi connectivity index (χ3v) is 4.32. The van der Waals surface area contributed by atoms with E-state index in [4.69, 9.17) is 10.3 Å². The number of azide groups is 1. The summed E-state index contributed by atoms with van der Waals surface area (Å²) >= 11 is 3.07. The Hall–Kier alpha value is -2.29. The van der Waals surface area contributed by atoms with E-state index in [1.807, 2.05) is 6.07 Å². The van der Waals surface area contributed by atoms with Crippen molar-refractivity contribution < 1.29 is 17.9 Å². The lowest BCUT2D eigenvalue weighted by Crippen LogP contribution is -2.17. The lowest BCUT2D eigenvalue weighted by atomic mass is 10.2. The molecule has 22 heavy (non-hydrogen) atoms. The molecule has 114 valence electrons. The standard InChI is InChI=1S/C12H9BrN4O4S/c13-10-6-7-17(22(19,20)16-15-14)11(10)12(18)21-8-9-4-2-1-3-5-9/h1-7H,8H2. The van der Waals surface area contributed by atoms with Gasteiger partial charge in [0.05, 0.1) is 8.99 Å². The Bertz CT molecular complexity index is 841. The molecule has 1 aromatic heterocycles. The molecule has 0 bridgehead atoms. The minimum atomic E-state index is -4.35. The molecule has 0 N–H and O–H groups in total. The van der Waals surface area contributed by atoms with Gasteiger partial charge in [-0.3, -0.25) is 0 Å². The maximum absolute atomic E-state index is 12.1. The van der Waals surface area contributed by atoms with Crippen LogP contribution in [0.3, 0.4) is 0 Å². The number of hydrogen-bond donors (Lipinski definition) is 0. The first-order valence-electron chi connectivity index (χ1n) is 5.85. The molecule has 1 aromatic carbocycles. The van der Waals surface area contributed by atoms with Gasteiger partial charge in [-0.2, -0.15) is 8.42 Å². The predicted molar refractivity (Wildman–Crippen MR) is 81.2 cm³/mol. The van der Waals surface area contributed by atoms with Crippen LogP contribution in [0, 0.1) is 0 Å². The molecule has 0 aliphatic heterocycles. The highest BCUT2D eigenvalue weighted by Gasteiger charge is 2.24. The monoisotopic (exact) mass is 384 g/mol. The van der Waals surface area contributed by atoms with E-state index in [9.17, 15) is 13.2 Å². The number of ether oxygens (including phenoxy) is 1. The van der Waals surface area contributed by atoms with Crippen molar-refractivity contribution in [1.82, 2.24) is 3.97 Å². The van der Waals surface area contributed by atoms with Crippen LogP contribution in [-0.2, 0) is 21.6 Å². The smallest absolute Gasteiger partial charge is 0.357 e. The third-order valence-electron chi connectivity index (χ3n) is 2.60. The van der Waals surface area contributed by atoms with Gasteiger partial charge in [-0.05, 0) is 33.1 Å². The maximum atomic E-state index is 12.1. The zero-order valence-corrected chi connectivity index (χ0v) is 13.4. The maximum Gasteiger partial charge on any atom is 0.357 e. The number of nitrogens with zero attached hydrogens (tertiary/aromatic N) is 4. The van der Waals surface area contributed by atoms with E-state index in [1.54, 1.807) is 24.3 Å². The van der Waals surface area contributed by atoms with Gasteiger partial charge in [0.15, 0.2) is 5.69 Å². The Balaban J connectivity index is 2.27. The molecule has 1 heterocycles. The number of carbonyl (C=O) groups is 1. The van der Waals surface area contributed by atoms with E-state index in [2.05, 4.69) is 25.4 Å². The van der Waals surface area contributed by atoms with Crippen molar-refractivity contribution in [2.45, 2.75) is 6.61 Å². The molecule has 8 nitrogen and oxygen atoms in total. The van der Waals surface area contributed by atoms with Crippen molar-refractivity contribution in [1.29, 1.82) is 0 Å². The molecule has 2 rings (SSSR count). The summed E-state index contributed by atoms with van der Waals surface area (Å²) in [5.41, 5.74) is 8.77. The second-order valence-corrected chi connectivity index (χ2v) is 6.33. The van der Waals surface area contributed by atoms with Crippen LogP contribution in [0.2, 0.25) is 0 Å². The molecule has 0 spiro atoms. The molecule has 10 heteroatoms. The van der Waals surface area contributed by atoms with Crippen LogP contribution in [0.5, 0.6) is 0 Å². The van der Waals surface area contributed by atoms with Crippen molar-refractivity contribution >= 4 is 32.1 Å². The zero-order valence-electron chi connectivity index (χ0n) is 11.0. The molecule has 0 saturated heterocycles. The Labute approximate surface area is 134 Å². The summed E-state index contributed by atoms with van der Waals surface area (Å²) in [6.07, 6.45) is 1.09. The fourth-order valence-corrected chi connectivity index (χ4v) is 3.03. The van der Waals surface area contributed by atoms with Gasteiger partial charge in [0.1, 0.15) is 6.61 Å². The molecule has 0 fully saturated rings. The van der Waals surface area contributed by atoms with Crippen LogP contribution >= 0.6 is 15.9 Å². The summed E-state index contributed by atoms with van der Waals surface area (Å²) < 4.78 is 32.1. The van der Waals surface area contributed by atoms with Gasteiger partial charge in [0.2, 0.25) is 0 Å². The predicted octanol–water partition coefficient (Wildman–Crippen LogP) is 3.01. The van der Waals surface area contributed by atoms with Gasteiger partial charge in [0.25, 0.3) is 0 Å². The number of rotatable bonds is 5. The second kappa shape index (κ2) is 6.65. The Morgan fingerprint density at radius 2 is 2.00 bits per heavy atom.